The highest BCUT2D eigenvalue weighted by molar-refractivity contribution is 7.50. The van der Waals surface area contributed by atoms with Crippen molar-refractivity contribution in [2.45, 2.75) is 25.9 Å². The van der Waals surface area contributed by atoms with Crippen molar-refractivity contribution in [3.63, 3.8) is 0 Å². The molecule has 0 bridgehead atoms. The molecule has 0 fully saturated rings. The predicted octanol–water partition coefficient (Wildman–Crippen LogP) is 4.62. The Morgan fingerprint density at radius 2 is 1.64 bits per heavy atom. The fourth-order valence-electron chi connectivity index (χ4n) is 3.09. The Bertz CT molecular complexity index is 880. The summed E-state index contributed by atoms with van der Waals surface area (Å²) in [5.74, 6) is 0. The van der Waals surface area contributed by atoms with Gasteiger partial charge in [0.15, 0.2) is 0 Å². The Labute approximate surface area is 129 Å². The van der Waals surface area contributed by atoms with E-state index in [1.54, 1.807) is 0 Å². The standard InChI is InChI=1S/C18H19O3P/c1-2-5-13-8-10-16-15-7-4-3-6-14(15)9-11-17(16)18(13)12-22(19,20)21/h3-4,6-11H,2,5,12H2,1H3,(H2,19,20,21). The van der Waals surface area contributed by atoms with E-state index in [9.17, 15) is 14.4 Å². The van der Waals surface area contributed by atoms with Crippen LogP contribution in [0.3, 0.4) is 0 Å². The van der Waals surface area contributed by atoms with Gasteiger partial charge in [0, 0.05) is 0 Å². The lowest BCUT2D eigenvalue weighted by atomic mass is 9.94. The average molecular weight is 314 g/mol. The third-order valence-electron chi connectivity index (χ3n) is 4.02. The lowest BCUT2D eigenvalue weighted by Gasteiger charge is -2.15. The van der Waals surface area contributed by atoms with Gasteiger partial charge in [0.05, 0.1) is 6.16 Å². The number of fused-ring (bicyclic) bond motifs is 3. The van der Waals surface area contributed by atoms with Gasteiger partial charge in [-0.25, -0.2) is 0 Å². The van der Waals surface area contributed by atoms with Crippen molar-refractivity contribution < 1.29 is 14.4 Å². The topological polar surface area (TPSA) is 57.5 Å². The van der Waals surface area contributed by atoms with E-state index in [1.165, 1.54) is 0 Å². The molecular formula is C18H19O3P. The molecule has 114 valence electrons. The molecule has 0 aliphatic heterocycles. The molecule has 0 amide bonds. The van der Waals surface area contributed by atoms with Gasteiger partial charge in [-0.05, 0) is 39.1 Å². The molecule has 3 aromatic carbocycles. The Balaban J connectivity index is 2.33. The molecule has 0 spiro atoms. The van der Waals surface area contributed by atoms with Crippen molar-refractivity contribution in [1.29, 1.82) is 0 Å². The van der Waals surface area contributed by atoms with Gasteiger partial charge in [0.1, 0.15) is 0 Å². The summed E-state index contributed by atoms with van der Waals surface area (Å²) >= 11 is 0. The first-order valence-electron chi connectivity index (χ1n) is 7.46. The van der Waals surface area contributed by atoms with Crippen molar-refractivity contribution in [2.24, 2.45) is 0 Å². The summed E-state index contributed by atoms with van der Waals surface area (Å²) in [7, 11) is -4.10. The molecule has 22 heavy (non-hydrogen) atoms. The number of hydrogen-bond acceptors (Lipinski definition) is 1. The zero-order chi connectivity index (χ0) is 15.7. The van der Waals surface area contributed by atoms with E-state index in [1.807, 2.05) is 30.3 Å². The quantitative estimate of drug-likeness (QED) is 0.545. The molecule has 3 nitrogen and oxygen atoms in total. The molecule has 0 heterocycles. The van der Waals surface area contributed by atoms with E-state index in [-0.39, 0.29) is 6.16 Å². The van der Waals surface area contributed by atoms with Crippen molar-refractivity contribution in [3.8, 4) is 0 Å². The van der Waals surface area contributed by atoms with E-state index in [4.69, 9.17) is 0 Å². The maximum Gasteiger partial charge on any atom is 0.329 e. The van der Waals surface area contributed by atoms with Gasteiger partial charge < -0.3 is 9.79 Å². The molecule has 0 radical (unpaired) electrons. The minimum Gasteiger partial charge on any atom is -0.324 e. The van der Waals surface area contributed by atoms with Crippen LogP contribution in [-0.2, 0) is 17.1 Å². The van der Waals surface area contributed by atoms with Crippen molar-refractivity contribution in [3.05, 3.63) is 59.7 Å². The van der Waals surface area contributed by atoms with Crippen LogP contribution in [-0.4, -0.2) is 9.79 Å². The fraction of sp³-hybridized carbons (Fsp3) is 0.222. The number of hydrogen-bond donors (Lipinski definition) is 2. The second kappa shape index (κ2) is 5.85. The largest absolute Gasteiger partial charge is 0.329 e. The van der Waals surface area contributed by atoms with Crippen LogP contribution in [0, 0.1) is 0 Å². The highest BCUT2D eigenvalue weighted by Gasteiger charge is 2.19. The minimum absolute atomic E-state index is 0.196. The van der Waals surface area contributed by atoms with Gasteiger partial charge in [-0.15, -0.1) is 0 Å². The predicted molar refractivity (Wildman–Crippen MR) is 91.2 cm³/mol. The molecule has 2 N–H and O–H groups in total. The fourth-order valence-corrected chi connectivity index (χ4v) is 3.88. The van der Waals surface area contributed by atoms with E-state index in [0.717, 1.165) is 45.5 Å². The molecule has 0 aliphatic carbocycles. The first kappa shape index (κ1) is 15.2. The third-order valence-corrected chi connectivity index (χ3v) is 4.75. The second-order valence-corrected chi connectivity index (χ2v) is 7.30. The minimum atomic E-state index is -4.10. The molecular weight excluding hydrogens is 295 g/mol. The molecule has 4 heteroatoms. The maximum absolute atomic E-state index is 11.6. The maximum atomic E-state index is 11.6. The monoisotopic (exact) mass is 314 g/mol. The highest BCUT2D eigenvalue weighted by atomic mass is 31.2. The third kappa shape index (κ3) is 2.93. The lowest BCUT2D eigenvalue weighted by molar-refractivity contribution is 0.371. The molecule has 3 rings (SSSR count). The molecule has 0 aliphatic rings. The first-order valence-corrected chi connectivity index (χ1v) is 9.26. The summed E-state index contributed by atoms with van der Waals surface area (Å²) in [6.45, 7) is 2.08. The first-order chi connectivity index (χ1) is 10.5. The number of benzene rings is 3. The highest BCUT2D eigenvalue weighted by Crippen LogP contribution is 2.43. The van der Waals surface area contributed by atoms with Gasteiger partial charge in [0.25, 0.3) is 0 Å². The van der Waals surface area contributed by atoms with Gasteiger partial charge in [0.2, 0.25) is 0 Å². The van der Waals surface area contributed by atoms with E-state index < -0.39 is 7.60 Å². The molecule has 0 saturated carbocycles. The van der Waals surface area contributed by atoms with E-state index in [2.05, 4.69) is 25.1 Å². The zero-order valence-corrected chi connectivity index (χ0v) is 13.4. The van der Waals surface area contributed by atoms with Gasteiger partial charge in [-0.2, -0.15) is 0 Å². The zero-order valence-electron chi connectivity index (χ0n) is 12.5. The van der Waals surface area contributed by atoms with Crippen LogP contribution in [0.25, 0.3) is 21.5 Å². The molecule has 0 unspecified atom stereocenters. The van der Waals surface area contributed by atoms with Gasteiger partial charge in [-0.1, -0.05) is 61.9 Å². The molecule has 3 aromatic rings. The Kier molecular flexibility index (Phi) is 4.05. The Hall–Kier alpha value is -1.67. The van der Waals surface area contributed by atoms with Crippen LogP contribution in [0.4, 0.5) is 0 Å². The van der Waals surface area contributed by atoms with Gasteiger partial charge >= 0.3 is 7.60 Å². The number of rotatable bonds is 4. The van der Waals surface area contributed by atoms with Crippen LogP contribution >= 0.6 is 7.60 Å². The Morgan fingerprint density at radius 3 is 2.36 bits per heavy atom. The van der Waals surface area contributed by atoms with E-state index >= 15 is 0 Å². The van der Waals surface area contributed by atoms with Crippen molar-refractivity contribution in [1.82, 2.24) is 0 Å². The number of aryl methyl sites for hydroxylation is 1. The summed E-state index contributed by atoms with van der Waals surface area (Å²) in [6.07, 6.45) is 1.59. The summed E-state index contributed by atoms with van der Waals surface area (Å²) in [4.78, 5) is 18.9. The SMILES string of the molecule is CCCc1ccc2c(ccc3ccccc32)c1CP(=O)(O)O. The summed E-state index contributed by atoms with van der Waals surface area (Å²) in [5.41, 5.74) is 1.83. The van der Waals surface area contributed by atoms with E-state index in [0.29, 0.717) is 0 Å². The summed E-state index contributed by atoms with van der Waals surface area (Å²) in [6, 6.07) is 16.2. The van der Waals surface area contributed by atoms with Crippen LogP contribution in [0.5, 0.6) is 0 Å². The van der Waals surface area contributed by atoms with Gasteiger partial charge in [-0.3, -0.25) is 4.57 Å². The molecule has 0 saturated heterocycles. The normalized spacial score (nSPS) is 12.1. The van der Waals surface area contributed by atoms with Crippen LogP contribution in [0.15, 0.2) is 48.5 Å². The van der Waals surface area contributed by atoms with Crippen LogP contribution < -0.4 is 0 Å². The summed E-state index contributed by atoms with van der Waals surface area (Å²) < 4.78 is 11.6. The van der Waals surface area contributed by atoms with Crippen molar-refractivity contribution in [2.75, 3.05) is 0 Å². The second-order valence-electron chi connectivity index (χ2n) is 5.66. The van der Waals surface area contributed by atoms with Crippen LogP contribution in [0.1, 0.15) is 24.5 Å². The summed E-state index contributed by atoms with van der Waals surface area (Å²) in [5, 5.41) is 4.27. The smallest absolute Gasteiger partial charge is 0.324 e. The van der Waals surface area contributed by atoms with Crippen molar-refractivity contribution >= 4 is 29.1 Å². The average Bonchev–Trinajstić information content (AvgIpc) is 2.48. The Morgan fingerprint density at radius 1 is 0.909 bits per heavy atom. The molecule has 0 atom stereocenters. The molecule has 0 aromatic heterocycles. The van der Waals surface area contributed by atoms with Crippen LogP contribution in [0.2, 0.25) is 0 Å². The lowest BCUT2D eigenvalue weighted by Crippen LogP contribution is -1.97.